The molecule has 21 heavy (non-hydrogen) atoms. The minimum atomic E-state index is -0.0147. The second-order valence-corrected chi connectivity index (χ2v) is 5.39. The van der Waals surface area contributed by atoms with Gasteiger partial charge < -0.3 is 10.2 Å². The van der Waals surface area contributed by atoms with Crippen LogP contribution in [0.25, 0.3) is 11.0 Å². The average Bonchev–Trinajstić information content (AvgIpc) is 2.89. The Balaban J connectivity index is 1.73. The standard InChI is InChI=1S/C17H14ClNO2/c18-13-4-8-16-12(9-13)10-17(21-16)15(20)7-3-11-1-5-14(19)6-2-11/h1-2,4-6,8-10H,3,7,19H2. The van der Waals surface area contributed by atoms with Crippen molar-refractivity contribution in [2.75, 3.05) is 5.73 Å². The van der Waals surface area contributed by atoms with E-state index in [0.29, 0.717) is 29.2 Å². The fourth-order valence-corrected chi connectivity index (χ4v) is 2.40. The lowest BCUT2D eigenvalue weighted by atomic mass is 10.1. The molecule has 4 heteroatoms. The SMILES string of the molecule is Nc1ccc(CCC(=O)c2cc3cc(Cl)ccc3o2)cc1. The third-order valence-corrected chi connectivity index (χ3v) is 3.61. The van der Waals surface area contributed by atoms with E-state index in [1.165, 1.54) is 0 Å². The third kappa shape index (κ3) is 3.09. The van der Waals surface area contributed by atoms with Crippen LogP contribution in [-0.2, 0) is 6.42 Å². The van der Waals surface area contributed by atoms with E-state index in [-0.39, 0.29) is 5.78 Å². The van der Waals surface area contributed by atoms with Crippen molar-refractivity contribution in [2.24, 2.45) is 0 Å². The number of fused-ring (bicyclic) bond motifs is 1. The molecule has 0 bridgehead atoms. The Morgan fingerprint density at radius 1 is 1.10 bits per heavy atom. The summed E-state index contributed by atoms with van der Waals surface area (Å²) in [5.74, 6) is 0.363. The molecule has 2 N–H and O–H groups in total. The first-order valence-corrected chi connectivity index (χ1v) is 7.06. The summed E-state index contributed by atoms with van der Waals surface area (Å²) < 4.78 is 5.56. The molecule has 1 heterocycles. The van der Waals surface area contributed by atoms with Gasteiger partial charge in [-0.25, -0.2) is 0 Å². The Labute approximate surface area is 127 Å². The Hall–Kier alpha value is -2.26. The number of benzene rings is 2. The van der Waals surface area contributed by atoms with Crippen LogP contribution in [0.15, 0.2) is 52.9 Å². The number of halogens is 1. The molecule has 3 nitrogen and oxygen atoms in total. The van der Waals surface area contributed by atoms with Crippen molar-refractivity contribution in [3.63, 3.8) is 0 Å². The molecular formula is C17H14ClNO2. The van der Waals surface area contributed by atoms with Crippen LogP contribution in [0.2, 0.25) is 5.02 Å². The zero-order valence-corrected chi connectivity index (χ0v) is 12.1. The second-order valence-electron chi connectivity index (χ2n) is 4.96. The van der Waals surface area contributed by atoms with E-state index in [1.54, 1.807) is 24.3 Å². The topological polar surface area (TPSA) is 56.2 Å². The highest BCUT2D eigenvalue weighted by Gasteiger charge is 2.12. The normalized spacial score (nSPS) is 10.9. The van der Waals surface area contributed by atoms with Crippen LogP contribution in [0, 0.1) is 0 Å². The van der Waals surface area contributed by atoms with E-state index in [4.69, 9.17) is 21.8 Å². The molecule has 0 amide bonds. The maximum atomic E-state index is 12.2. The molecule has 0 aliphatic carbocycles. The molecular weight excluding hydrogens is 286 g/mol. The van der Waals surface area contributed by atoms with Crippen LogP contribution >= 0.6 is 11.6 Å². The minimum absolute atomic E-state index is 0.0147. The Morgan fingerprint density at radius 2 is 1.86 bits per heavy atom. The number of Topliss-reactive ketones (excluding diaryl/α,β-unsaturated/α-hetero) is 1. The van der Waals surface area contributed by atoms with Gasteiger partial charge >= 0.3 is 0 Å². The summed E-state index contributed by atoms with van der Waals surface area (Å²) in [5.41, 5.74) is 8.11. The van der Waals surface area contributed by atoms with Crippen molar-refractivity contribution in [1.82, 2.24) is 0 Å². The summed E-state index contributed by atoms with van der Waals surface area (Å²) in [4.78, 5) is 12.2. The molecule has 0 aliphatic rings. The molecule has 0 radical (unpaired) electrons. The lowest BCUT2D eigenvalue weighted by Gasteiger charge is -2.00. The summed E-state index contributed by atoms with van der Waals surface area (Å²) in [5, 5.41) is 1.47. The average molecular weight is 300 g/mol. The van der Waals surface area contributed by atoms with Crippen molar-refractivity contribution in [1.29, 1.82) is 0 Å². The summed E-state index contributed by atoms with van der Waals surface area (Å²) in [7, 11) is 0. The quantitative estimate of drug-likeness (QED) is 0.570. The molecule has 3 aromatic rings. The molecule has 2 aromatic carbocycles. The van der Waals surface area contributed by atoms with Gasteiger partial charge in [-0.2, -0.15) is 0 Å². The first-order chi connectivity index (χ1) is 10.1. The van der Waals surface area contributed by atoms with E-state index >= 15 is 0 Å². The molecule has 0 spiro atoms. The highest BCUT2D eigenvalue weighted by atomic mass is 35.5. The third-order valence-electron chi connectivity index (χ3n) is 3.37. The van der Waals surface area contributed by atoms with Crippen molar-refractivity contribution >= 4 is 34.0 Å². The predicted octanol–water partition coefficient (Wildman–Crippen LogP) is 4.48. The Morgan fingerprint density at radius 3 is 2.62 bits per heavy atom. The summed E-state index contributed by atoms with van der Waals surface area (Å²) in [6, 6.07) is 14.6. The van der Waals surface area contributed by atoms with Crippen LogP contribution in [-0.4, -0.2) is 5.78 Å². The van der Waals surface area contributed by atoms with Crippen molar-refractivity contribution in [2.45, 2.75) is 12.8 Å². The first kappa shape index (κ1) is 13.7. The maximum Gasteiger partial charge on any atom is 0.198 e. The molecule has 0 saturated heterocycles. The number of carbonyl (C=O) groups is 1. The first-order valence-electron chi connectivity index (χ1n) is 6.68. The van der Waals surface area contributed by atoms with E-state index in [2.05, 4.69) is 0 Å². The molecule has 1 aromatic heterocycles. The molecule has 0 unspecified atom stereocenters. The number of ketones is 1. The highest BCUT2D eigenvalue weighted by Crippen LogP contribution is 2.24. The van der Waals surface area contributed by atoms with E-state index in [1.807, 2.05) is 24.3 Å². The number of hydrogen-bond donors (Lipinski definition) is 1. The maximum absolute atomic E-state index is 12.2. The zero-order chi connectivity index (χ0) is 14.8. The van der Waals surface area contributed by atoms with Gasteiger partial charge in [-0.05, 0) is 48.4 Å². The van der Waals surface area contributed by atoms with Crippen LogP contribution in [0.1, 0.15) is 22.5 Å². The van der Waals surface area contributed by atoms with Gasteiger partial charge in [0.1, 0.15) is 5.58 Å². The monoisotopic (exact) mass is 299 g/mol. The molecule has 0 atom stereocenters. The largest absolute Gasteiger partial charge is 0.453 e. The van der Waals surface area contributed by atoms with Crippen molar-refractivity contribution in [3.8, 4) is 0 Å². The number of carbonyl (C=O) groups excluding carboxylic acids is 1. The second kappa shape index (κ2) is 5.62. The Kier molecular flexibility index (Phi) is 3.67. The summed E-state index contributed by atoms with van der Waals surface area (Å²) in [6.45, 7) is 0. The van der Waals surface area contributed by atoms with Gasteiger partial charge in [0.15, 0.2) is 11.5 Å². The number of rotatable bonds is 4. The van der Waals surface area contributed by atoms with Gasteiger partial charge in [0, 0.05) is 22.5 Å². The fourth-order valence-electron chi connectivity index (χ4n) is 2.22. The van der Waals surface area contributed by atoms with Crippen LogP contribution in [0.4, 0.5) is 5.69 Å². The lowest BCUT2D eigenvalue weighted by Crippen LogP contribution is -1.99. The zero-order valence-electron chi connectivity index (χ0n) is 11.3. The van der Waals surface area contributed by atoms with Crippen molar-refractivity contribution < 1.29 is 9.21 Å². The number of hydrogen-bond acceptors (Lipinski definition) is 3. The van der Waals surface area contributed by atoms with Crippen LogP contribution < -0.4 is 5.73 Å². The van der Waals surface area contributed by atoms with Crippen molar-refractivity contribution in [3.05, 3.63) is 64.9 Å². The lowest BCUT2D eigenvalue weighted by molar-refractivity contribution is 0.0958. The van der Waals surface area contributed by atoms with Gasteiger partial charge in [0.25, 0.3) is 0 Å². The molecule has 106 valence electrons. The smallest absolute Gasteiger partial charge is 0.198 e. The van der Waals surface area contributed by atoms with E-state index < -0.39 is 0 Å². The number of aryl methyl sites for hydroxylation is 1. The molecule has 0 aliphatic heterocycles. The van der Waals surface area contributed by atoms with E-state index in [0.717, 1.165) is 16.6 Å². The van der Waals surface area contributed by atoms with Gasteiger partial charge in [0.2, 0.25) is 0 Å². The number of nitrogen functional groups attached to an aromatic ring is 1. The Bertz CT molecular complexity index is 790. The van der Waals surface area contributed by atoms with Crippen LogP contribution in [0.3, 0.4) is 0 Å². The predicted molar refractivity (Wildman–Crippen MR) is 84.7 cm³/mol. The fraction of sp³-hybridized carbons (Fsp3) is 0.118. The van der Waals surface area contributed by atoms with Gasteiger partial charge in [-0.3, -0.25) is 4.79 Å². The summed E-state index contributed by atoms with van der Waals surface area (Å²) in [6.07, 6.45) is 1.06. The molecule has 0 saturated carbocycles. The van der Waals surface area contributed by atoms with Gasteiger partial charge in [-0.1, -0.05) is 23.7 Å². The summed E-state index contributed by atoms with van der Waals surface area (Å²) >= 11 is 5.92. The van der Waals surface area contributed by atoms with E-state index in [9.17, 15) is 4.79 Å². The number of furan rings is 1. The minimum Gasteiger partial charge on any atom is -0.453 e. The van der Waals surface area contributed by atoms with Crippen LogP contribution in [0.5, 0.6) is 0 Å². The molecule has 3 rings (SSSR count). The highest BCUT2D eigenvalue weighted by molar-refractivity contribution is 6.31. The van der Waals surface area contributed by atoms with Gasteiger partial charge in [0.05, 0.1) is 0 Å². The number of nitrogens with two attached hydrogens (primary N) is 1. The van der Waals surface area contributed by atoms with Gasteiger partial charge in [-0.15, -0.1) is 0 Å². The number of anilines is 1. The molecule has 0 fully saturated rings.